The molecule has 1 amide bonds. The molecule has 3 rings (SSSR count). The standard InChI is InChI=1S/C21H25N3O5S/c1-4-14(2)22-20(25)17(12-15-8-6-5-7-9-15)23-30(27,28)16-10-11-18-19(13-16)29-21(26)24(18)3/h5-11,13-14,17,23H,4,12H2,1-3H3,(H,22,25)/t14-,17-/m0/s1. The third-order valence-electron chi connectivity index (χ3n) is 4.97. The first-order valence-electron chi connectivity index (χ1n) is 9.67. The third kappa shape index (κ3) is 4.80. The van der Waals surface area contributed by atoms with Gasteiger partial charge in [0.2, 0.25) is 15.9 Å². The van der Waals surface area contributed by atoms with Crippen LogP contribution in [0.1, 0.15) is 25.8 Å². The number of benzene rings is 2. The van der Waals surface area contributed by atoms with E-state index in [9.17, 15) is 18.0 Å². The molecule has 1 heterocycles. The number of amides is 1. The van der Waals surface area contributed by atoms with E-state index in [-0.39, 0.29) is 22.9 Å². The molecule has 0 bridgehead atoms. The van der Waals surface area contributed by atoms with Crippen molar-refractivity contribution in [1.29, 1.82) is 0 Å². The predicted octanol–water partition coefficient (Wildman–Crippen LogP) is 1.94. The highest BCUT2D eigenvalue weighted by Gasteiger charge is 2.27. The number of nitrogens with one attached hydrogen (secondary N) is 2. The molecule has 1 aromatic heterocycles. The van der Waals surface area contributed by atoms with Crippen molar-refractivity contribution in [3.63, 3.8) is 0 Å². The van der Waals surface area contributed by atoms with Gasteiger partial charge >= 0.3 is 5.76 Å². The van der Waals surface area contributed by atoms with Gasteiger partial charge in [0.15, 0.2) is 5.58 Å². The summed E-state index contributed by atoms with van der Waals surface area (Å²) in [6.07, 6.45) is 0.922. The number of oxazole rings is 1. The lowest BCUT2D eigenvalue weighted by Crippen LogP contribution is -2.50. The largest absolute Gasteiger partial charge is 0.419 e. The molecule has 0 radical (unpaired) electrons. The van der Waals surface area contributed by atoms with Crippen LogP contribution in [-0.2, 0) is 28.3 Å². The molecule has 9 heteroatoms. The number of rotatable bonds is 8. The lowest BCUT2D eigenvalue weighted by Gasteiger charge is -2.21. The number of hydrogen-bond donors (Lipinski definition) is 2. The van der Waals surface area contributed by atoms with Crippen LogP contribution in [0.5, 0.6) is 0 Å². The summed E-state index contributed by atoms with van der Waals surface area (Å²) in [5, 5.41) is 2.84. The van der Waals surface area contributed by atoms with Crippen molar-refractivity contribution in [3.8, 4) is 0 Å². The van der Waals surface area contributed by atoms with Gasteiger partial charge in [0.25, 0.3) is 0 Å². The Labute approximate surface area is 174 Å². The summed E-state index contributed by atoms with van der Waals surface area (Å²) >= 11 is 0. The van der Waals surface area contributed by atoms with E-state index >= 15 is 0 Å². The average molecular weight is 432 g/mol. The molecule has 0 fully saturated rings. The van der Waals surface area contributed by atoms with Crippen LogP contribution < -0.4 is 15.8 Å². The molecule has 160 valence electrons. The molecule has 0 aliphatic rings. The SMILES string of the molecule is CC[C@H](C)NC(=O)[C@H](Cc1ccccc1)NS(=O)(=O)c1ccc2c(c1)oc(=O)n2C. The number of fused-ring (bicyclic) bond motifs is 1. The van der Waals surface area contributed by atoms with Crippen LogP contribution in [0.25, 0.3) is 11.1 Å². The van der Waals surface area contributed by atoms with Gasteiger partial charge < -0.3 is 9.73 Å². The first kappa shape index (κ1) is 21.8. The van der Waals surface area contributed by atoms with Crippen LogP contribution in [0, 0.1) is 0 Å². The number of hydrogen-bond acceptors (Lipinski definition) is 5. The Hall–Kier alpha value is -2.91. The quantitative estimate of drug-likeness (QED) is 0.566. The fourth-order valence-corrected chi connectivity index (χ4v) is 4.23. The second-order valence-corrected chi connectivity index (χ2v) is 8.95. The molecule has 0 unspecified atom stereocenters. The van der Waals surface area contributed by atoms with Crippen molar-refractivity contribution < 1.29 is 17.6 Å². The Morgan fingerprint density at radius 2 is 1.87 bits per heavy atom. The molecule has 2 atom stereocenters. The van der Waals surface area contributed by atoms with E-state index in [0.29, 0.717) is 5.52 Å². The highest BCUT2D eigenvalue weighted by Crippen LogP contribution is 2.19. The zero-order chi connectivity index (χ0) is 21.9. The summed E-state index contributed by atoms with van der Waals surface area (Å²) in [5.41, 5.74) is 1.47. The minimum atomic E-state index is -4.04. The fraction of sp³-hybridized carbons (Fsp3) is 0.333. The molecule has 0 aliphatic carbocycles. The summed E-state index contributed by atoms with van der Waals surface area (Å²) < 4.78 is 34.9. The monoisotopic (exact) mass is 431 g/mol. The predicted molar refractivity (Wildman–Crippen MR) is 114 cm³/mol. The highest BCUT2D eigenvalue weighted by atomic mass is 32.2. The lowest BCUT2D eigenvalue weighted by molar-refractivity contribution is -0.123. The van der Waals surface area contributed by atoms with Gasteiger partial charge in [0, 0.05) is 19.2 Å². The van der Waals surface area contributed by atoms with Crippen LogP contribution in [0.3, 0.4) is 0 Å². The molecule has 0 saturated carbocycles. The summed E-state index contributed by atoms with van der Waals surface area (Å²) in [6.45, 7) is 3.79. The summed E-state index contributed by atoms with van der Waals surface area (Å²) in [7, 11) is -2.51. The van der Waals surface area contributed by atoms with Crippen LogP contribution in [0.15, 0.2) is 62.6 Å². The topological polar surface area (TPSA) is 110 Å². The lowest BCUT2D eigenvalue weighted by atomic mass is 10.1. The van der Waals surface area contributed by atoms with Gasteiger partial charge in [-0.3, -0.25) is 9.36 Å². The smallest absolute Gasteiger partial charge is 0.408 e. The summed E-state index contributed by atoms with van der Waals surface area (Å²) in [4.78, 5) is 24.4. The number of aryl methyl sites for hydroxylation is 1. The molecule has 0 aliphatic heterocycles. The van der Waals surface area contributed by atoms with Crippen molar-refractivity contribution in [2.45, 2.75) is 43.7 Å². The van der Waals surface area contributed by atoms with Crippen molar-refractivity contribution in [1.82, 2.24) is 14.6 Å². The summed E-state index contributed by atoms with van der Waals surface area (Å²) in [5.74, 6) is -0.980. The Morgan fingerprint density at radius 3 is 2.53 bits per heavy atom. The minimum Gasteiger partial charge on any atom is -0.408 e. The van der Waals surface area contributed by atoms with Gasteiger partial charge in [0.1, 0.15) is 6.04 Å². The maximum absolute atomic E-state index is 13.0. The Kier molecular flexibility index (Phi) is 6.42. The molecule has 8 nitrogen and oxygen atoms in total. The first-order valence-corrected chi connectivity index (χ1v) is 11.2. The van der Waals surface area contributed by atoms with Gasteiger partial charge in [-0.15, -0.1) is 0 Å². The molecule has 30 heavy (non-hydrogen) atoms. The number of sulfonamides is 1. The zero-order valence-corrected chi connectivity index (χ0v) is 17.9. The van der Waals surface area contributed by atoms with E-state index in [1.165, 1.54) is 29.8 Å². The second kappa shape index (κ2) is 8.85. The Morgan fingerprint density at radius 1 is 1.17 bits per heavy atom. The van der Waals surface area contributed by atoms with Gasteiger partial charge in [-0.2, -0.15) is 4.72 Å². The molecule has 2 aromatic carbocycles. The van der Waals surface area contributed by atoms with Gasteiger partial charge in [-0.1, -0.05) is 37.3 Å². The van der Waals surface area contributed by atoms with Crippen LogP contribution in [0.4, 0.5) is 0 Å². The van der Waals surface area contributed by atoms with E-state index in [1.54, 1.807) is 0 Å². The zero-order valence-electron chi connectivity index (χ0n) is 17.1. The number of aromatic nitrogens is 1. The van der Waals surface area contributed by atoms with Crippen molar-refractivity contribution in [2.24, 2.45) is 7.05 Å². The number of nitrogens with zero attached hydrogens (tertiary/aromatic N) is 1. The van der Waals surface area contributed by atoms with Crippen LogP contribution in [-0.4, -0.2) is 31.0 Å². The fourth-order valence-electron chi connectivity index (χ4n) is 3.02. The summed E-state index contributed by atoms with van der Waals surface area (Å²) in [6, 6.07) is 12.3. The third-order valence-corrected chi connectivity index (χ3v) is 6.44. The normalized spacial score (nSPS) is 13.8. The highest BCUT2D eigenvalue weighted by molar-refractivity contribution is 7.89. The van der Waals surface area contributed by atoms with E-state index < -0.39 is 27.7 Å². The van der Waals surface area contributed by atoms with Gasteiger partial charge in [-0.25, -0.2) is 13.2 Å². The Bertz CT molecular complexity index is 1200. The minimum absolute atomic E-state index is 0.0845. The average Bonchev–Trinajstić information content (AvgIpc) is 3.01. The maximum Gasteiger partial charge on any atom is 0.419 e. The van der Waals surface area contributed by atoms with E-state index in [2.05, 4.69) is 10.0 Å². The van der Waals surface area contributed by atoms with Crippen molar-refractivity contribution in [3.05, 3.63) is 64.6 Å². The Balaban J connectivity index is 1.91. The molecule has 2 N–H and O–H groups in total. The molecule has 0 saturated heterocycles. The second-order valence-electron chi connectivity index (χ2n) is 7.24. The van der Waals surface area contributed by atoms with E-state index in [0.717, 1.165) is 12.0 Å². The molecule has 3 aromatic rings. The first-order chi connectivity index (χ1) is 14.2. The van der Waals surface area contributed by atoms with Crippen molar-refractivity contribution >= 4 is 27.0 Å². The molecule has 0 spiro atoms. The van der Waals surface area contributed by atoms with Crippen LogP contribution >= 0.6 is 0 Å². The number of carbonyl (C=O) groups is 1. The maximum atomic E-state index is 13.0. The number of carbonyl (C=O) groups excluding carboxylic acids is 1. The van der Waals surface area contributed by atoms with E-state index in [1.807, 2.05) is 44.2 Å². The molecular formula is C21H25N3O5S. The van der Waals surface area contributed by atoms with E-state index in [4.69, 9.17) is 4.42 Å². The van der Waals surface area contributed by atoms with Crippen molar-refractivity contribution in [2.75, 3.05) is 0 Å². The van der Waals surface area contributed by atoms with Gasteiger partial charge in [-0.05, 0) is 37.5 Å². The molecular weight excluding hydrogens is 406 g/mol. The van der Waals surface area contributed by atoms with Gasteiger partial charge in [0.05, 0.1) is 10.4 Å². The van der Waals surface area contributed by atoms with Crippen LogP contribution in [0.2, 0.25) is 0 Å².